The van der Waals surface area contributed by atoms with E-state index in [2.05, 4.69) is 20.2 Å². The summed E-state index contributed by atoms with van der Waals surface area (Å²) in [6, 6.07) is 11.1. The van der Waals surface area contributed by atoms with E-state index in [0.29, 0.717) is 24.5 Å². The summed E-state index contributed by atoms with van der Waals surface area (Å²) in [6.45, 7) is 6.17. The number of hydrogen-bond donors (Lipinski definition) is 2. The minimum absolute atomic E-state index is 0. The maximum Gasteiger partial charge on any atom is 0.243 e. The van der Waals surface area contributed by atoms with Crippen LogP contribution in [0.2, 0.25) is 0 Å². The van der Waals surface area contributed by atoms with Gasteiger partial charge in [0.2, 0.25) is 10.0 Å². The second-order valence-corrected chi connectivity index (χ2v) is 8.74. The Balaban J connectivity index is 0.00000300. The van der Waals surface area contributed by atoms with Crippen LogP contribution in [-0.4, -0.2) is 49.4 Å². The average molecular weight is 531 g/mol. The van der Waals surface area contributed by atoms with Gasteiger partial charge in [-0.3, -0.25) is 0 Å². The van der Waals surface area contributed by atoms with Crippen molar-refractivity contribution in [3.63, 3.8) is 0 Å². The molecule has 2 heterocycles. The van der Waals surface area contributed by atoms with Crippen molar-refractivity contribution in [2.24, 2.45) is 4.99 Å². The van der Waals surface area contributed by atoms with E-state index in [1.807, 2.05) is 43.6 Å². The standard InChI is InChI=1S/C20H29N5O2S.HI/c1-2-21-20(22-11-16-24-12-3-4-13-24)23-17-18-7-9-19(10-8-18)28(26,27)25-14-5-6-15-25;/h3-4,7-10,12-13H,2,5-6,11,14-17H2,1H3,(H2,21,22,23);1H. The van der Waals surface area contributed by atoms with Crippen LogP contribution < -0.4 is 10.6 Å². The highest BCUT2D eigenvalue weighted by Gasteiger charge is 2.26. The molecule has 0 spiro atoms. The van der Waals surface area contributed by atoms with Crippen LogP contribution in [0.4, 0.5) is 0 Å². The zero-order valence-corrected chi connectivity index (χ0v) is 19.9. The first-order valence-corrected chi connectivity index (χ1v) is 11.3. The molecule has 0 amide bonds. The molecule has 1 aliphatic rings. The average Bonchev–Trinajstić information content (AvgIpc) is 3.41. The van der Waals surface area contributed by atoms with Crippen molar-refractivity contribution in [1.29, 1.82) is 0 Å². The van der Waals surface area contributed by atoms with Crippen LogP contribution in [0.3, 0.4) is 0 Å². The summed E-state index contributed by atoms with van der Waals surface area (Å²) >= 11 is 0. The van der Waals surface area contributed by atoms with Crippen LogP contribution in [0.1, 0.15) is 25.3 Å². The number of aromatic nitrogens is 1. The normalized spacial score (nSPS) is 15.1. The SMILES string of the molecule is CCNC(=NCc1ccc(S(=O)(=O)N2CCCC2)cc1)NCCn1cccc1.I. The smallest absolute Gasteiger partial charge is 0.243 e. The van der Waals surface area contributed by atoms with Gasteiger partial charge in [-0.2, -0.15) is 4.31 Å². The monoisotopic (exact) mass is 531 g/mol. The summed E-state index contributed by atoms with van der Waals surface area (Å²) in [6.07, 6.45) is 5.94. The molecule has 2 N–H and O–H groups in total. The Morgan fingerprint density at radius 3 is 2.34 bits per heavy atom. The minimum Gasteiger partial charge on any atom is -0.357 e. The lowest BCUT2D eigenvalue weighted by Crippen LogP contribution is -2.38. The summed E-state index contributed by atoms with van der Waals surface area (Å²) in [5.74, 6) is 0.753. The first-order chi connectivity index (χ1) is 13.6. The Labute approximate surface area is 190 Å². The van der Waals surface area contributed by atoms with Crippen molar-refractivity contribution in [2.75, 3.05) is 26.2 Å². The predicted molar refractivity (Wildman–Crippen MR) is 127 cm³/mol. The second kappa shape index (κ2) is 11.6. The third-order valence-corrected chi connectivity index (χ3v) is 6.63. The Bertz CT molecular complexity index is 861. The fraction of sp³-hybridized carbons (Fsp3) is 0.450. The minimum atomic E-state index is -3.36. The van der Waals surface area contributed by atoms with Gasteiger partial charge in [-0.05, 0) is 49.6 Å². The molecule has 2 aromatic rings. The fourth-order valence-electron chi connectivity index (χ4n) is 3.18. The van der Waals surface area contributed by atoms with E-state index in [-0.39, 0.29) is 24.0 Å². The first kappa shape index (κ1) is 23.7. The lowest BCUT2D eigenvalue weighted by molar-refractivity contribution is 0.477. The molecule has 0 bridgehead atoms. The molecule has 1 aromatic heterocycles. The molecular weight excluding hydrogens is 501 g/mol. The quantitative estimate of drug-likeness (QED) is 0.312. The Hall–Kier alpha value is -1.59. The third-order valence-electron chi connectivity index (χ3n) is 4.72. The molecule has 7 nitrogen and oxygen atoms in total. The molecule has 0 atom stereocenters. The molecule has 1 saturated heterocycles. The molecule has 1 aliphatic heterocycles. The second-order valence-electron chi connectivity index (χ2n) is 6.80. The largest absolute Gasteiger partial charge is 0.357 e. The maximum absolute atomic E-state index is 12.6. The van der Waals surface area contributed by atoms with Gasteiger partial charge in [0, 0.05) is 45.1 Å². The highest BCUT2D eigenvalue weighted by Crippen LogP contribution is 2.21. The Kier molecular flexibility index (Phi) is 9.44. The van der Waals surface area contributed by atoms with Crippen LogP contribution in [-0.2, 0) is 23.1 Å². The molecule has 9 heteroatoms. The van der Waals surface area contributed by atoms with Gasteiger partial charge in [-0.15, -0.1) is 24.0 Å². The molecular formula is C20H30IN5O2S. The number of benzene rings is 1. The number of sulfonamides is 1. The van der Waals surface area contributed by atoms with Crippen LogP contribution in [0.15, 0.2) is 58.7 Å². The van der Waals surface area contributed by atoms with E-state index in [1.54, 1.807) is 16.4 Å². The van der Waals surface area contributed by atoms with E-state index in [1.165, 1.54) is 0 Å². The molecule has 160 valence electrons. The van der Waals surface area contributed by atoms with Crippen molar-refractivity contribution in [3.8, 4) is 0 Å². The van der Waals surface area contributed by atoms with Gasteiger partial charge < -0.3 is 15.2 Å². The van der Waals surface area contributed by atoms with Gasteiger partial charge in [-0.1, -0.05) is 12.1 Å². The highest BCUT2D eigenvalue weighted by atomic mass is 127. The van der Waals surface area contributed by atoms with Gasteiger partial charge in [0.05, 0.1) is 11.4 Å². The van der Waals surface area contributed by atoms with E-state index in [9.17, 15) is 8.42 Å². The molecule has 1 aromatic carbocycles. The van der Waals surface area contributed by atoms with Gasteiger partial charge >= 0.3 is 0 Å². The number of halogens is 1. The fourth-order valence-corrected chi connectivity index (χ4v) is 4.70. The molecule has 3 rings (SSSR count). The number of hydrogen-bond acceptors (Lipinski definition) is 3. The lowest BCUT2D eigenvalue weighted by atomic mass is 10.2. The third kappa shape index (κ3) is 6.71. The summed E-state index contributed by atoms with van der Waals surface area (Å²) < 4.78 is 28.9. The summed E-state index contributed by atoms with van der Waals surface area (Å²) in [5.41, 5.74) is 0.975. The topological polar surface area (TPSA) is 78.7 Å². The van der Waals surface area contributed by atoms with Crippen molar-refractivity contribution < 1.29 is 8.42 Å². The van der Waals surface area contributed by atoms with Gasteiger partial charge in [0.1, 0.15) is 0 Å². The van der Waals surface area contributed by atoms with Gasteiger partial charge in [0.25, 0.3) is 0 Å². The zero-order chi connectivity index (χ0) is 19.8. The van der Waals surface area contributed by atoms with Crippen LogP contribution in [0.5, 0.6) is 0 Å². The number of nitrogens with one attached hydrogen (secondary N) is 2. The summed E-state index contributed by atoms with van der Waals surface area (Å²) in [5, 5.41) is 6.55. The number of rotatable bonds is 8. The van der Waals surface area contributed by atoms with E-state index < -0.39 is 10.0 Å². The van der Waals surface area contributed by atoms with Crippen LogP contribution in [0, 0.1) is 0 Å². The van der Waals surface area contributed by atoms with Gasteiger partial charge in [-0.25, -0.2) is 13.4 Å². The van der Waals surface area contributed by atoms with E-state index >= 15 is 0 Å². The van der Waals surface area contributed by atoms with E-state index in [4.69, 9.17) is 0 Å². The molecule has 0 saturated carbocycles. The summed E-state index contributed by atoms with van der Waals surface area (Å²) in [4.78, 5) is 4.96. The van der Waals surface area contributed by atoms with Crippen molar-refractivity contribution >= 4 is 40.0 Å². The van der Waals surface area contributed by atoms with Crippen molar-refractivity contribution in [3.05, 3.63) is 54.4 Å². The molecule has 1 fully saturated rings. The number of aliphatic imine (C=N–C) groups is 1. The van der Waals surface area contributed by atoms with Crippen molar-refractivity contribution in [2.45, 2.75) is 37.8 Å². The highest BCUT2D eigenvalue weighted by molar-refractivity contribution is 14.0. The van der Waals surface area contributed by atoms with E-state index in [0.717, 1.165) is 44.0 Å². The van der Waals surface area contributed by atoms with Crippen LogP contribution >= 0.6 is 24.0 Å². The molecule has 29 heavy (non-hydrogen) atoms. The number of guanidine groups is 1. The van der Waals surface area contributed by atoms with Gasteiger partial charge in [0.15, 0.2) is 5.96 Å². The lowest BCUT2D eigenvalue weighted by Gasteiger charge is -2.15. The number of nitrogens with zero attached hydrogens (tertiary/aromatic N) is 3. The van der Waals surface area contributed by atoms with Crippen LogP contribution in [0.25, 0.3) is 0 Å². The van der Waals surface area contributed by atoms with Crippen molar-refractivity contribution in [1.82, 2.24) is 19.5 Å². The molecule has 0 radical (unpaired) electrons. The first-order valence-electron chi connectivity index (χ1n) is 9.81. The maximum atomic E-state index is 12.6. The Morgan fingerprint density at radius 2 is 1.72 bits per heavy atom. The Morgan fingerprint density at radius 1 is 1.07 bits per heavy atom. The molecule has 0 unspecified atom stereocenters. The molecule has 0 aliphatic carbocycles. The summed E-state index contributed by atoms with van der Waals surface area (Å²) in [7, 11) is -3.36. The zero-order valence-electron chi connectivity index (χ0n) is 16.8. The predicted octanol–water partition coefficient (Wildman–Crippen LogP) is 2.65.